The van der Waals surface area contributed by atoms with Crippen LogP contribution >= 0.6 is 0 Å². The van der Waals surface area contributed by atoms with Crippen LogP contribution in [0.15, 0.2) is 42.5 Å². The molecule has 98 valence electrons. The van der Waals surface area contributed by atoms with Gasteiger partial charge < -0.3 is 20.1 Å². The first-order chi connectivity index (χ1) is 9.09. The van der Waals surface area contributed by atoms with E-state index in [1.165, 1.54) is 6.07 Å². The standard InChI is InChI=1S/C14H12O5/c15-11-7-6-10(14(17)18)13(12(11)16)19-8-9-4-2-1-3-5-9/h1-7,15-16H,8H2,(H,17,18). The zero-order chi connectivity index (χ0) is 13.8. The van der Waals surface area contributed by atoms with Gasteiger partial charge in [0.2, 0.25) is 5.75 Å². The van der Waals surface area contributed by atoms with Crippen LogP contribution in [0, 0.1) is 0 Å². The highest BCUT2D eigenvalue weighted by Crippen LogP contribution is 2.38. The summed E-state index contributed by atoms with van der Waals surface area (Å²) in [7, 11) is 0. The monoisotopic (exact) mass is 260 g/mol. The lowest BCUT2D eigenvalue weighted by atomic mass is 10.1. The lowest BCUT2D eigenvalue weighted by Crippen LogP contribution is -2.03. The molecular weight excluding hydrogens is 248 g/mol. The summed E-state index contributed by atoms with van der Waals surface area (Å²) >= 11 is 0. The number of hydrogen-bond acceptors (Lipinski definition) is 4. The number of ether oxygens (including phenoxy) is 1. The van der Waals surface area contributed by atoms with E-state index in [9.17, 15) is 15.0 Å². The molecule has 0 saturated heterocycles. The summed E-state index contributed by atoms with van der Waals surface area (Å²) in [5.74, 6) is -2.47. The van der Waals surface area contributed by atoms with Crippen LogP contribution in [0.3, 0.4) is 0 Å². The first kappa shape index (κ1) is 12.8. The Morgan fingerprint density at radius 3 is 2.37 bits per heavy atom. The van der Waals surface area contributed by atoms with Crippen molar-refractivity contribution in [1.82, 2.24) is 0 Å². The Morgan fingerprint density at radius 1 is 1.05 bits per heavy atom. The number of carboxylic acid groups (broad SMARTS) is 1. The van der Waals surface area contributed by atoms with Gasteiger partial charge in [-0.1, -0.05) is 30.3 Å². The predicted octanol–water partition coefficient (Wildman–Crippen LogP) is 2.38. The number of aromatic hydroxyl groups is 2. The molecule has 19 heavy (non-hydrogen) atoms. The maximum atomic E-state index is 11.0. The average Bonchev–Trinajstić information content (AvgIpc) is 2.41. The van der Waals surface area contributed by atoms with Crippen LogP contribution in [0.1, 0.15) is 15.9 Å². The number of phenols is 2. The molecule has 0 spiro atoms. The van der Waals surface area contributed by atoms with E-state index >= 15 is 0 Å². The number of carbonyl (C=O) groups is 1. The first-order valence-electron chi connectivity index (χ1n) is 5.54. The molecule has 0 bridgehead atoms. The molecule has 0 atom stereocenters. The van der Waals surface area contributed by atoms with E-state index in [2.05, 4.69) is 0 Å². The van der Waals surface area contributed by atoms with Gasteiger partial charge in [-0.2, -0.15) is 0 Å². The number of rotatable bonds is 4. The summed E-state index contributed by atoms with van der Waals surface area (Å²) in [5, 5.41) is 28.1. The lowest BCUT2D eigenvalue weighted by Gasteiger charge is -2.11. The Hall–Kier alpha value is -2.69. The lowest BCUT2D eigenvalue weighted by molar-refractivity contribution is 0.0690. The van der Waals surface area contributed by atoms with Crippen molar-refractivity contribution in [3.8, 4) is 17.2 Å². The highest BCUT2D eigenvalue weighted by Gasteiger charge is 2.18. The number of hydrogen-bond donors (Lipinski definition) is 3. The normalized spacial score (nSPS) is 10.1. The maximum absolute atomic E-state index is 11.0. The van der Waals surface area contributed by atoms with Crippen molar-refractivity contribution in [3.05, 3.63) is 53.6 Å². The SMILES string of the molecule is O=C(O)c1ccc(O)c(O)c1OCc1ccccc1. The number of carboxylic acids is 1. The topological polar surface area (TPSA) is 87.0 Å². The fraction of sp³-hybridized carbons (Fsp3) is 0.0714. The summed E-state index contributed by atoms with van der Waals surface area (Å²) in [6.45, 7) is 0.0954. The van der Waals surface area contributed by atoms with Gasteiger partial charge in [-0.3, -0.25) is 0 Å². The third-order valence-electron chi connectivity index (χ3n) is 2.57. The van der Waals surface area contributed by atoms with Crippen molar-refractivity contribution < 1.29 is 24.9 Å². The molecular formula is C14H12O5. The largest absolute Gasteiger partial charge is 0.504 e. The zero-order valence-electron chi connectivity index (χ0n) is 9.91. The summed E-state index contributed by atoms with van der Waals surface area (Å²) in [4.78, 5) is 11.0. The van der Waals surface area contributed by atoms with Crippen molar-refractivity contribution >= 4 is 5.97 Å². The van der Waals surface area contributed by atoms with Gasteiger partial charge in [0.1, 0.15) is 12.2 Å². The van der Waals surface area contributed by atoms with E-state index in [0.717, 1.165) is 11.6 Å². The molecule has 3 N–H and O–H groups in total. The van der Waals surface area contributed by atoms with Crippen LogP contribution in [0.4, 0.5) is 0 Å². The molecule has 5 heteroatoms. The molecule has 5 nitrogen and oxygen atoms in total. The van der Waals surface area contributed by atoms with Gasteiger partial charge in [-0.05, 0) is 17.7 Å². The van der Waals surface area contributed by atoms with Gasteiger partial charge in [-0.25, -0.2) is 4.79 Å². The van der Waals surface area contributed by atoms with Gasteiger partial charge in [0.05, 0.1) is 0 Å². The molecule has 0 amide bonds. The number of phenolic OH excluding ortho intramolecular Hbond substituents is 2. The van der Waals surface area contributed by atoms with E-state index in [-0.39, 0.29) is 17.9 Å². The second kappa shape index (κ2) is 5.30. The average molecular weight is 260 g/mol. The Morgan fingerprint density at radius 2 is 1.74 bits per heavy atom. The van der Waals surface area contributed by atoms with Crippen LogP contribution in [0.2, 0.25) is 0 Å². The van der Waals surface area contributed by atoms with Crippen molar-refractivity contribution in [2.24, 2.45) is 0 Å². The predicted molar refractivity (Wildman–Crippen MR) is 67.5 cm³/mol. The van der Waals surface area contributed by atoms with E-state index in [4.69, 9.17) is 9.84 Å². The van der Waals surface area contributed by atoms with Crippen LogP contribution in [-0.4, -0.2) is 21.3 Å². The molecule has 0 heterocycles. The first-order valence-corrected chi connectivity index (χ1v) is 5.54. The zero-order valence-corrected chi connectivity index (χ0v) is 9.91. The van der Waals surface area contributed by atoms with Crippen LogP contribution in [0.5, 0.6) is 17.2 Å². The minimum absolute atomic E-state index is 0.0954. The summed E-state index contributed by atoms with van der Waals surface area (Å²) in [5.41, 5.74) is 0.618. The Labute approximate surface area is 109 Å². The molecule has 0 fully saturated rings. The highest BCUT2D eigenvalue weighted by molar-refractivity contribution is 5.92. The second-order valence-corrected chi connectivity index (χ2v) is 3.89. The van der Waals surface area contributed by atoms with Crippen molar-refractivity contribution in [2.45, 2.75) is 6.61 Å². The summed E-state index contributed by atoms with van der Waals surface area (Å²) in [6, 6.07) is 11.4. The molecule has 0 aliphatic heterocycles. The Bertz CT molecular complexity index is 592. The van der Waals surface area contributed by atoms with E-state index in [0.29, 0.717) is 0 Å². The highest BCUT2D eigenvalue weighted by atomic mass is 16.5. The molecule has 0 aromatic heterocycles. The van der Waals surface area contributed by atoms with E-state index in [1.807, 2.05) is 18.2 Å². The van der Waals surface area contributed by atoms with Gasteiger partial charge in [-0.15, -0.1) is 0 Å². The van der Waals surface area contributed by atoms with Crippen LogP contribution < -0.4 is 4.74 Å². The fourth-order valence-electron chi connectivity index (χ4n) is 1.61. The molecule has 0 aliphatic rings. The third kappa shape index (κ3) is 2.77. The van der Waals surface area contributed by atoms with Crippen LogP contribution in [0.25, 0.3) is 0 Å². The molecule has 2 rings (SSSR count). The number of benzene rings is 2. The molecule has 0 radical (unpaired) electrons. The molecule has 0 saturated carbocycles. The molecule has 2 aromatic rings. The van der Waals surface area contributed by atoms with Crippen LogP contribution in [-0.2, 0) is 6.61 Å². The Balaban J connectivity index is 2.28. The summed E-state index contributed by atoms with van der Waals surface area (Å²) in [6.07, 6.45) is 0. The van der Waals surface area contributed by atoms with Gasteiger partial charge in [0.25, 0.3) is 0 Å². The summed E-state index contributed by atoms with van der Waals surface area (Å²) < 4.78 is 5.31. The maximum Gasteiger partial charge on any atom is 0.339 e. The van der Waals surface area contributed by atoms with Crippen molar-refractivity contribution in [2.75, 3.05) is 0 Å². The molecule has 0 aliphatic carbocycles. The molecule has 0 unspecified atom stereocenters. The minimum atomic E-state index is -1.24. The van der Waals surface area contributed by atoms with Gasteiger partial charge >= 0.3 is 5.97 Å². The quantitative estimate of drug-likeness (QED) is 0.735. The second-order valence-electron chi connectivity index (χ2n) is 3.89. The smallest absolute Gasteiger partial charge is 0.339 e. The fourth-order valence-corrected chi connectivity index (χ4v) is 1.61. The van der Waals surface area contributed by atoms with E-state index in [1.54, 1.807) is 12.1 Å². The van der Waals surface area contributed by atoms with Gasteiger partial charge in [0.15, 0.2) is 11.5 Å². The minimum Gasteiger partial charge on any atom is -0.504 e. The van der Waals surface area contributed by atoms with E-state index < -0.39 is 17.5 Å². The van der Waals surface area contributed by atoms with Crippen molar-refractivity contribution in [3.63, 3.8) is 0 Å². The van der Waals surface area contributed by atoms with Crippen molar-refractivity contribution in [1.29, 1.82) is 0 Å². The number of aromatic carboxylic acids is 1. The Kier molecular flexibility index (Phi) is 3.56. The van der Waals surface area contributed by atoms with Gasteiger partial charge in [0, 0.05) is 0 Å². The third-order valence-corrected chi connectivity index (χ3v) is 2.57. The molecule has 2 aromatic carbocycles.